The highest BCUT2D eigenvalue weighted by molar-refractivity contribution is 5.92. The Morgan fingerprint density at radius 3 is 2.87 bits per heavy atom. The quantitative estimate of drug-likeness (QED) is 0.421. The Kier molecular flexibility index (Phi) is 5.12. The van der Waals surface area contributed by atoms with Gasteiger partial charge in [-0.25, -0.2) is 4.79 Å². The van der Waals surface area contributed by atoms with Crippen molar-refractivity contribution in [3.8, 4) is 5.75 Å². The molecule has 0 unspecified atom stereocenters. The van der Waals surface area contributed by atoms with Crippen LogP contribution < -0.4 is 15.4 Å². The number of nitrogens with two attached hydrogens (primary N) is 1. The fraction of sp³-hybridized carbons (Fsp3) is 0.429. The SMILES string of the molecule is COc1cc(NC(=O)C[NH2+][C@@H]2CCOC2=O)c(C)cc1[N+](=O)[O-]. The van der Waals surface area contributed by atoms with Gasteiger partial charge >= 0.3 is 11.7 Å². The summed E-state index contributed by atoms with van der Waals surface area (Å²) in [6.07, 6.45) is 0.580. The molecule has 0 aliphatic carbocycles. The lowest BCUT2D eigenvalue weighted by molar-refractivity contribution is -0.665. The van der Waals surface area contributed by atoms with Crippen molar-refractivity contribution in [3.63, 3.8) is 0 Å². The molecule has 9 nitrogen and oxygen atoms in total. The second-order valence-corrected chi connectivity index (χ2v) is 5.15. The van der Waals surface area contributed by atoms with E-state index in [9.17, 15) is 19.7 Å². The molecule has 1 aromatic rings. The zero-order valence-electron chi connectivity index (χ0n) is 12.8. The van der Waals surface area contributed by atoms with Gasteiger partial charge in [-0.1, -0.05) is 0 Å². The van der Waals surface area contributed by atoms with Crippen molar-refractivity contribution < 1.29 is 29.3 Å². The highest BCUT2D eigenvalue weighted by Gasteiger charge is 2.30. The number of amides is 1. The lowest BCUT2D eigenvalue weighted by atomic mass is 10.1. The Balaban J connectivity index is 2.02. The zero-order chi connectivity index (χ0) is 17.0. The maximum Gasteiger partial charge on any atom is 0.364 e. The predicted molar refractivity (Wildman–Crippen MR) is 79.2 cm³/mol. The summed E-state index contributed by atoms with van der Waals surface area (Å²) in [4.78, 5) is 33.7. The third kappa shape index (κ3) is 3.95. The van der Waals surface area contributed by atoms with Gasteiger partial charge in [-0.3, -0.25) is 14.9 Å². The number of aryl methyl sites for hydroxylation is 1. The van der Waals surface area contributed by atoms with Crippen molar-refractivity contribution in [3.05, 3.63) is 27.8 Å². The molecule has 0 aromatic heterocycles. The van der Waals surface area contributed by atoms with Crippen LogP contribution in [0.2, 0.25) is 0 Å². The van der Waals surface area contributed by atoms with Crippen molar-refractivity contribution in [2.24, 2.45) is 0 Å². The summed E-state index contributed by atoms with van der Waals surface area (Å²) in [5.74, 6) is -0.561. The largest absolute Gasteiger partial charge is 0.490 e. The highest BCUT2D eigenvalue weighted by Crippen LogP contribution is 2.32. The molecule has 0 bridgehead atoms. The van der Waals surface area contributed by atoms with Crippen LogP contribution in [0.1, 0.15) is 12.0 Å². The number of nitrogens with zero attached hydrogens (tertiary/aromatic N) is 1. The van der Waals surface area contributed by atoms with Crippen LogP contribution in [0.3, 0.4) is 0 Å². The number of carbonyl (C=O) groups excluding carboxylic acids is 2. The lowest BCUT2D eigenvalue weighted by Crippen LogP contribution is -2.92. The minimum absolute atomic E-state index is 0.0541. The van der Waals surface area contributed by atoms with E-state index in [-0.39, 0.29) is 35.9 Å². The van der Waals surface area contributed by atoms with Crippen molar-refractivity contribution in [2.75, 3.05) is 25.6 Å². The predicted octanol–water partition coefficient (Wildman–Crippen LogP) is -0.271. The molecule has 0 radical (unpaired) electrons. The third-order valence-corrected chi connectivity index (χ3v) is 3.56. The van der Waals surface area contributed by atoms with Crippen LogP contribution in [0.25, 0.3) is 0 Å². The van der Waals surface area contributed by atoms with Crippen molar-refractivity contribution in [2.45, 2.75) is 19.4 Å². The summed E-state index contributed by atoms with van der Waals surface area (Å²) >= 11 is 0. The van der Waals surface area contributed by atoms with Gasteiger partial charge in [-0.05, 0) is 12.5 Å². The summed E-state index contributed by atoms with van der Waals surface area (Å²) < 4.78 is 9.80. The molecule has 1 fully saturated rings. The number of ether oxygens (including phenoxy) is 2. The normalized spacial score (nSPS) is 16.8. The van der Waals surface area contributed by atoms with E-state index < -0.39 is 4.92 Å². The summed E-state index contributed by atoms with van der Waals surface area (Å²) in [6, 6.07) is 2.40. The molecule has 124 valence electrons. The van der Waals surface area contributed by atoms with Crippen LogP contribution in [0, 0.1) is 17.0 Å². The maximum absolute atomic E-state index is 12.0. The lowest BCUT2D eigenvalue weighted by Gasteiger charge is -2.11. The number of carbonyl (C=O) groups is 2. The summed E-state index contributed by atoms with van der Waals surface area (Å²) in [6.45, 7) is 2.08. The molecule has 1 aliphatic rings. The number of rotatable bonds is 6. The molecule has 1 aromatic carbocycles. The fourth-order valence-corrected chi connectivity index (χ4v) is 2.29. The fourth-order valence-electron chi connectivity index (χ4n) is 2.29. The number of quaternary nitrogens is 1. The molecule has 1 aliphatic heterocycles. The number of cyclic esters (lactones) is 1. The van der Waals surface area contributed by atoms with E-state index in [1.807, 2.05) is 0 Å². The van der Waals surface area contributed by atoms with E-state index >= 15 is 0 Å². The van der Waals surface area contributed by atoms with Crippen LogP contribution in [-0.4, -0.2) is 43.1 Å². The number of esters is 1. The van der Waals surface area contributed by atoms with E-state index in [1.54, 1.807) is 12.2 Å². The van der Waals surface area contributed by atoms with Crippen molar-refractivity contribution >= 4 is 23.3 Å². The standard InChI is InChI=1S/C14H17N3O6/c1-8-5-11(17(20)21)12(22-2)6-10(8)16-13(18)7-15-9-3-4-23-14(9)19/h5-6,9,15H,3-4,7H2,1-2H3,(H,16,18)/p+1/t9-/m1/s1. The first kappa shape index (κ1) is 16.7. The Bertz CT molecular complexity index is 646. The Morgan fingerprint density at radius 1 is 1.57 bits per heavy atom. The van der Waals surface area contributed by atoms with E-state index in [1.165, 1.54) is 19.2 Å². The number of nitro benzene ring substituents is 1. The maximum atomic E-state index is 12.0. The van der Waals surface area contributed by atoms with Crippen LogP contribution in [0.4, 0.5) is 11.4 Å². The van der Waals surface area contributed by atoms with E-state index in [4.69, 9.17) is 9.47 Å². The number of benzene rings is 1. The molecule has 3 N–H and O–H groups in total. The molecule has 1 saturated heterocycles. The Labute approximate surface area is 132 Å². The molecule has 0 spiro atoms. The number of nitro groups is 1. The van der Waals surface area contributed by atoms with Crippen molar-refractivity contribution in [1.29, 1.82) is 0 Å². The first-order valence-electron chi connectivity index (χ1n) is 7.05. The topological polar surface area (TPSA) is 124 Å². The summed E-state index contributed by atoms with van der Waals surface area (Å²) in [7, 11) is 1.32. The molecule has 9 heteroatoms. The molecule has 0 saturated carbocycles. The monoisotopic (exact) mass is 324 g/mol. The van der Waals surface area contributed by atoms with E-state index in [0.29, 0.717) is 24.3 Å². The second kappa shape index (κ2) is 7.05. The minimum atomic E-state index is -0.545. The van der Waals surface area contributed by atoms with Crippen LogP contribution in [0.15, 0.2) is 12.1 Å². The molecule has 1 atom stereocenters. The van der Waals surface area contributed by atoms with Gasteiger partial charge in [0.1, 0.15) is 0 Å². The van der Waals surface area contributed by atoms with E-state index in [0.717, 1.165) is 0 Å². The number of methoxy groups -OCH3 is 1. The number of hydrogen-bond donors (Lipinski definition) is 2. The molecular formula is C14H18N3O6+. The first-order valence-corrected chi connectivity index (χ1v) is 7.05. The van der Waals surface area contributed by atoms with Crippen LogP contribution in [-0.2, 0) is 14.3 Å². The van der Waals surface area contributed by atoms with Gasteiger partial charge in [-0.2, -0.15) is 0 Å². The smallest absolute Gasteiger partial charge is 0.364 e. The summed E-state index contributed by atoms with van der Waals surface area (Å²) in [5.41, 5.74) is 0.814. The van der Waals surface area contributed by atoms with Gasteiger partial charge in [0.05, 0.1) is 18.6 Å². The van der Waals surface area contributed by atoms with Crippen LogP contribution >= 0.6 is 0 Å². The van der Waals surface area contributed by atoms with Gasteiger partial charge in [0.15, 0.2) is 18.3 Å². The third-order valence-electron chi connectivity index (χ3n) is 3.56. The van der Waals surface area contributed by atoms with Crippen LogP contribution in [0.5, 0.6) is 5.75 Å². The van der Waals surface area contributed by atoms with E-state index in [2.05, 4.69) is 5.32 Å². The van der Waals surface area contributed by atoms with Gasteiger partial charge < -0.3 is 20.1 Å². The van der Waals surface area contributed by atoms with Crippen molar-refractivity contribution in [1.82, 2.24) is 0 Å². The first-order chi connectivity index (χ1) is 10.9. The van der Waals surface area contributed by atoms with Gasteiger partial charge in [-0.15, -0.1) is 0 Å². The van der Waals surface area contributed by atoms with Gasteiger partial charge in [0.25, 0.3) is 5.91 Å². The van der Waals surface area contributed by atoms with Gasteiger partial charge in [0, 0.05) is 24.2 Å². The number of anilines is 1. The number of nitrogens with one attached hydrogen (secondary N) is 1. The Hall–Kier alpha value is -2.68. The number of hydrogen-bond acceptors (Lipinski definition) is 6. The second-order valence-electron chi connectivity index (χ2n) is 5.15. The molecule has 23 heavy (non-hydrogen) atoms. The summed E-state index contributed by atoms with van der Waals surface area (Å²) in [5, 5.41) is 15.2. The molecule has 1 amide bonds. The molecular weight excluding hydrogens is 306 g/mol. The highest BCUT2D eigenvalue weighted by atomic mass is 16.6. The zero-order valence-corrected chi connectivity index (χ0v) is 12.8. The molecule has 1 heterocycles. The average molecular weight is 324 g/mol. The van der Waals surface area contributed by atoms with Gasteiger partial charge in [0.2, 0.25) is 0 Å². The molecule has 2 rings (SSSR count). The minimum Gasteiger partial charge on any atom is -0.490 e. The average Bonchev–Trinajstić information content (AvgIpc) is 2.92. The Morgan fingerprint density at radius 2 is 2.30 bits per heavy atom.